The van der Waals surface area contributed by atoms with Crippen LogP contribution in [0.5, 0.6) is 0 Å². The first-order valence-corrected chi connectivity index (χ1v) is 8.97. The lowest BCUT2D eigenvalue weighted by Crippen LogP contribution is -2.52. The number of carbonyl (C=O) groups is 2. The number of hydrogen-bond donors (Lipinski definition) is 2. The highest BCUT2D eigenvalue weighted by Gasteiger charge is 2.34. The van der Waals surface area contributed by atoms with Gasteiger partial charge in [0.25, 0.3) is 0 Å². The van der Waals surface area contributed by atoms with E-state index in [1.807, 2.05) is 18.7 Å². The first kappa shape index (κ1) is 16.5. The highest BCUT2D eigenvalue weighted by molar-refractivity contribution is 7.99. The fourth-order valence-electron chi connectivity index (χ4n) is 3.41. The summed E-state index contributed by atoms with van der Waals surface area (Å²) in [5.41, 5.74) is 0. The van der Waals surface area contributed by atoms with Gasteiger partial charge in [0.15, 0.2) is 0 Å². The summed E-state index contributed by atoms with van der Waals surface area (Å²) >= 11 is 1.98. The van der Waals surface area contributed by atoms with Crippen LogP contribution in [-0.2, 0) is 4.79 Å². The second kappa shape index (κ2) is 7.38. The fraction of sp³-hybridized carbons (Fsp3) is 0.867. The summed E-state index contributed by atoms with van der Waals surface area (Å²) in [4.78, 5) is 25.2. The number of nitrogens with zero attached hydrogens (tertiary/aromatic N) is 1. The van der Waals surface area contributed by atoms with Crippen molar-refractivity contribution in [1.82, 2.24) is 10.2 Å². The number of piperidine rings is 1. The van der Waals surface area contributed by atoms with Crippen LogP contribution in [0.1, 0.15) is 46.0 Å². The van der Waals surface area contributed by atoms with Gasteiger partial charge in [-0.25, -0.2) is 4.79 Å². The number of amides is 2. The molecule has 1 aliphatic heterocycles. The van der Waals surface area contributed by atoms with Crippen molar-refractivity contribution < 1.29 is 14.7 Å². The van der Waals surface area contributed by atoms with Crippen molar-refractivity contribution in [3.63, 3.8) is 0 Å². The monoisotopic (exact) mass is 314 g/mol. The fourth-order valence-corrected chi connectivity index (χ4v) is 4.56. The largest absolute Gasteiger partial charge is 0.481 e. The molecule has 0 radical (unpaired) electrons. The van der Waals surface area contributed by atoms with Gasteiger partial charge in [-0.1, -0.05) is 6.92 Å². The average Bonchev–Trinajstić information content (AvgIpc) is 2.86. The van der Waals surface area contributed by atoms with Crippen LogP contribution in [0, 0.1) is 5.92 Å². The zero-order valence-corrected chi connectivity index (χ0v) is 13.7. The smallest absolute Gasteiger partial charge is 0.317 e. The molecule has 1 aliphatic carbocycles. The number of carboxylic acid groups (broad SMARTS) is 1. The normalized spacial score (nSPS) is 33.0. The third-order valence-electron chi connectivity index (χ3n) is 4.60. The summed E-state index contributed by atoms with van der Waals surface area (Å²) < 4.78 is 0. The van der Waals surface area contributed by atoms with Crippen molar-refractivity contribution >= 4 is 23.8 Å². The third kappa shape index (κ3) is 4.28. The Bertz CT molecular complexity index is 391. The number of nitrogens with one attached hydrogen (secondary N) is 1. The summed E-state index contributed by atoms with van der Waals surface area (Å²) in [7, 11) is 0. The maximum atomic E-state index is 12.4. The van der Waals surface area contributed by atoms with Gasteiger partial charge in [0.2, 0.25) is 0 Å². The van der Waals surface area contributed by atoms with E-state index >= 15 is 0 Å². The van der Waals surface area contributed by atoms with Crippen molar-refractivity contribution in [3.8, 4) is 0 Å². The zero-order valence-electron chi connectivity index (χ0n) is 12.9. The summed E-state index contributed by atoms with van der Waals surface area (Å²) in [6.07, 6.45) is 4.42. The van der Waals surface area contributed by atoms with Gasteiger partial charge in [-0.3, -0.25) is 4.79 Å². The highest BCUT2D eigenvalue weighted by Crippen LogP contribution is 2.30. The minimum absolute atomic E-state index is 0.00191. The van der Waals surface area contributed by atoms with Crippen LogP contribution in [0.2, 0.25) is 0 Å². The Balaban J connectivity index is 1.80. The molecular weight excluding hydrogens is 288 g/mol. The molecule has 1 heterocycles. The molecule has 120 valence electrons. The molecule has 2 rings (SSSR count). The van der Waals surface area contributed by atoms with Crippen LogP contribution >= 0.6 is 11.8 Å². The summed E-state index contributed by atoms with van der Waals surface area (Å²) in [5, 5.41) is 12.9. The number of hydrogen-bond acceptors (Lipinski definition) is 3. The molecule has 1 saturated heterocycles. The Labute approximate surface area is 130 Å². The Morgan fingerprint density at radius 3 is 2.67 bits per heavy atom. The van der Waals surface area contributed by atoms with E-state index in [-0.39, 0.29) is 24.0 Å². The molecule has 0 aromatic carbocycles. The lowest BCUT2D eigenvalue weighted by atomic mass is 9.92. The maximum Gasteiger partial charge on any atom is 0.317 e. The molecule has 0 aromatic rings. The molecular formula is C15H26N2O3S. The number of aliphatic carboxylic acids is 1. The molecule has 0 bridgehead atoms. The molecule has 0 aromatic heterocycles. The van der Waals surface area contributed by atoms with Gasteiger partial charge < -0.3 is 15.3 Å². The summed E-state index contributed by atoms with van der Waals surface area (Å²) in [5.74, 6) is 0.0865. The van der Waals surface area contributed by atoms with Crippen molar-refractivity contribution in [2.75, 3.05) is 12.3 Å². The topological polar surface area (TPSA) is 69.6 Å². The zero-order chi connectivity index (χ0) is 15.4. The molecule has 5 nitrogen and oxygen atoms in total. The van der Waals surface area contributed by atoms with Gasteiger partial charge in [0, 0.05) is 23.9 Å². The second-order valence-corrected chi connectivity index (χ2v) is 7.72. The van der Waals surface area contributed by atoms with Gasteiger partial charge in [0.05, 0.1) is 5.92 Å². The number of carboxylic acids is 1. The Kier molecular flexibility index (Phi) is 5.79. The van der Waals surface area contributed by atoms with Gasteiger partial charge in [-0.2, -0.15) is 11.8 Å². The molecule has 4 atom stereocenters. The van der Waals surface area contributed by atoms with Gasteiger partial charge in [0.1, 0.15) is 0 Å². The van der Waals surface area contributed by atoms with E-state index in [0.717, 1.165) is 18.6 Å². The molecule has 21 heavy (non-hydrogen) atoms. The standard InChI is InChI=1S/C15H26N2O3S/c1-3-21-13-5-4-12(9-13)16-15(20)17-7-6-11(14(18)19)8-10(17)2/h10-13H,3-9H2,1-2H3,(H,16,20)(H,18,19). The van der Waals surface area contributed by atoms with Gasteiger partial charge in [-0.15, -0.1) is 0 Å². The predicted molar refractivity (Wildman–Crippen MR) is 84.6 cm³/mol. The highest BCUT2D eigenvalue weighted by atomic mass is 32.2. The molecule has 2 aliphatic rings. The van der Waals surface area contributed by atoms with Crippen LogP contribution in [0.15, 0.2) is 0 Å². The van der Waals surface area contributed by atoms with Crippen molar-refractivity contribution in [2.24, 2.45) is 5.92 Å². The van der Waals surface area contributed by atoms with E-state index in [9.17, 15) is 9.59 Å². The maximum absolute atomic E-state index is 12.4. The molecule has 4 unspecified atom stereocenters. The van der Waals surface area contributed by atoms with Gasteiger partial charge >= 0.3 is 12.0 Å². The van der Waals surface area contributed by atoms with Crippen LogP contribution in [0.3, 0.4) is 0 Å². The van der Waals surface area contributed by atoms with Crippen molar-refractivity contribution in [1.29, 1.82) is 0 Å². The lowest BCUT2D eigenvalue weighted by Gasteiger charge is -2.36. The van der Waals surface area contributed by atoms with E-state index in [1.165, 1.54) is 6.42 Å². The first-order chi connectivity index (χ1) is 10.0. The number of urea groups is 1. The number of carbonyl (C=O) groups excluding carboxylic acids is 1. The lowest BCUT2D eigenvalue weighted by molar-refractivity contribution is -0.143. The van der Waals surface area contributed by atoms with E-state index in [0.29, 0.717) is 24.6 Å². The summed E-state index contributed by atoms with van der Waals surface area (Å²) in [6.45, 7) is 4.66. The van der Waals surface area contributed by atoms with Crippen LogP contribution in [0.4, 0.5) is 4.79 Å². The number of likely N-dealkylation sites (tertiary alicyclic amines) is 1. The van der Waals surface area contributed by atoms with E-state index in [1.54, 1.807) is 4.90 Å². The van der Waals surface area contributed by atoms with Crippen LogP contribution < -0.4 is 5.32 Å². The number of thioether (sulfide) groups is 1. The van der Waals surface area contributed by atoms with Gasteiger partial charge in [-0.05, 0) is 44.8 Å². The van der Waals surface area contributed by atoms with Crippen molar-refractivity contribution in [2.45, 2.75) is 63.3 Å². The first-order valence-electron chi connectivity index (χ1n) is 7.92. The second-order valence-electron chi connectivity index (χ2n) is 6.14. The Morgan fingerprint density at radius 2 is 2.05 bits per heavy atom. The van der Waals surface area contributed by atoms with Crippen molar-refractivity contribution in [3.05, 3.63) is 0 Å². The minimum Gasteiger partial charge on any atom is -0.481 e. The third-order valence-corrected chi connectivity index (χ3v) is 5.83. The van der Waals surface area contributed by atoms with Crippen LogP contribution in [-0.4, -0.2) is 51.6 Å². The number of rotatable bonds is 4. The van der Waals surface area contributed by atoms with Crippen LogP contribution in [0.25, 0.3) is 0 Å². The molecule has 0 spiro atoms. The minimum atomic E-state index is -0.739. The quantitative estimate of drug-likeness (QED) is 0.836. The Hall–Kier alpha value is -0.910. The van der Waals surface area contributed by atoms with E-state index in [2.05, 4.69) is 12.2 Å². The molecule has 2 N–H and O–H groups in total. The molecule has 1 saturated carbocycles. The molecule has 6 heteroatoms. The average molecular weight is 314 g/mol. The Morgan fingerprint density at radius 1 is 1.29 bits per heavy atom. The SMILES string of the molecule is CCSC1CCC(NC(=O)N2CCC(C(=O)O)CC2C)C1. The van der Waals surface area contributed by atoms with E-state index in [4.69, 9.17) is 5.11 Å². The molecule has 2 amide bonds. The predicted octanol–water partition coefficient (Wildman–Crippen LogP) is 2.56. The summed E-state index contributed by atoms with van der Waals surface area (Å²) in [6, 6.07) is 0.270. The molecule has 2 fully saturated rings. The van der Waals surface area contributed by atoms with E-state index < -0.39 is 5.97 Å².